The number of pyridine rings is 1. The van der Waals surface area contributed by atoms with Crippen LogP contribution < -0.4 is 80.3 Å². The molecule has 14 rings (SSSR count). The van der Waals surface area contributed by atoms with E-state index in [1.54, 1.807) is 30.5 Å². The predicted octanol–water partition coefficient (Wildman–Crippen LogP) is 14.4. The van der Waals surface area contributed by atoms with Crippen LogP contribution in [0.15, 0.2) is 288 Å². The Bertz CT molecular complexity index is 6250. The highest BCUT2D eigenvalue weighted by atomic mass is 79.9. The second kappa shape index (κ2) is 51.9. The zero-order valence-electron chi connectivity index (χ0n) is 72.3. The van der Waals surface area contributed by atoms with Crippen molar-refractivity contribution in [3.8, 4) is 0 Å². The molecule has 0 aliphatic heterocycles. The maximum absolute atomic E-state index is 6.01. The van der Waals surface area contributed by atoms with E-state index in [9.17, 15) is 0 Å². The minimum absolute atomic E-state index is 0.0479. The van der Waals surface area contributed by atoms with E-state index >= 15 is 0 Å². The van der Waals surface area contributed by atoms with E-state index in [0.29, 0.717) is 81.4 Å². The minimum Gasteiger partial charge on any atom is -0.383 e. The smallest absolute Gasteiger partial charge is 0.224 e. The van der Waals surface area contributed by atoms with E-state index in [0.717, 1.165) is 88.8 Å². The first-order valence-electron chi connectivity index (χ1n) is 38.5. The third kappa shape index (κ3) is 36.8. The Kier molecular flexibility index (Phi) is 40.3. The quantitative estimate of drug-likeness (QED) is 0.0355. The van der Waals surface area contributed by atoms with Crippen LogP contribution in [-0.2, 0) is 0 Å². The number of halogens is 2. The van der Waals surface area contributed by atoms with Crippen molar-refractivity contribution in [2.24, 2.45) is 150 Å². The van der Waals surface area contributed by atoms with Crippen molar-refractivity contribution in [1.29, 1.82) is 0 Å². The van der Waals surface area contributed by atoms with Crippen molar-refractivity contribution in [2.75, 3.05) is 0 Å². The molecule has 6 aromatic carbocycles. The summed E-state index contributed by atoms with van der Waals surface area (Å²) in [5, 5.41) is 17.8. The van der Waals surface area contributed by atoms with E-state index in [1.807, 2.05) is 252 Å². The molecule has 8 aromatic heterocycles. The van der Waals surface area contributed by atoms with Gasteiger partial charge in [0.2, 0.25) is 77.6 Å². The number of hydrogen-bond acceptors (Lipinski definition) is 22. The molecule has 0 amide bonds. The van der Waals surface area contributed by atoms with Gasteiger partial charge in [-0.15, -0.1) is 79.4 Å². The summed E-state index contributed by atoms with van der Waals surface area (Å²) in [5.74, 6) is 2.74. The molecule has 28 N–H and O–H groups in total. The fraction of sp³-hybridized carbons (Fsp3) is 0.116. The molecule has 0 radical (unpaired) electrons. The molecule has 0 bridgehead atoms. The van der Waals surface area contributed by atoms with Crippen molar-refractivity contribution in [3.63, 3.8) is 0 Å². The largest absolute Gasteiger partial charge is 0.383 e. The molecule has 36 nitrogen and oxygen atoms in total. The van der Waals surface area contributed by atoms with Gasteiger partial charge in [-0.25, -0.2) is 34.9 Å². The summed E-state index contributed by atoms with van der Waals surface area (Å²) in [6, 6.07) is 52.6. The zero-order chi connectivity index (χ0) is 95.1. The number of hydrogen-bond donors (Lipinski definition) is 14. The van der Waals surface area contributed by atoms with Crippen LogP contribution in [0.2, 0.25) is 5.02 Å². The number of nitrogens with two attached hydrogens (primary N) is 14. The third-order valence-corrected chi connectivity index (χ3v) is 22.6. The van der Waals surface area contributed by atoms with Crippen molar-refractivity contribution in [1.82, 2.24) is 39.9 Å². The molecule has 0 spiro atoms. The van der Waals surface area contributed by atoms with Crippen LogP contribution in [0.1, 0.15) is 95.6 Å². The molecule has 0 aliphatic rings. The Hall–Kier alpha value is -14.8. The number of nitrogens with zero attached hydrogens (tertiary/aromatic N) is 22. The highest BCUT2D eigenvalue weighted by Crippen LogP contribution is 2.25. The van der Waals surface area contributed by atoms with Gasteiger partial charge in [0.05, 0.1) is 44.9 Å². The number of aryl methyl sites for hydroxylation is 10. The van der Waals surface area contributed by atoms with Crippen molar-refractivity contribution in [2.45, 2.75) is 69.2 Å². The molecule has 8 heterocycles. The number of thiazole rings is 7. The number of guanidine groups is 7. The van der Waals surface area contributed by atoms with Crippen LogP contribution in [0.4, 0.5) is 35.9 Å². The maximum Gasteiger partial charge on any atom is 0.224 e. The molecule has 14 aromatic rings. The number of amidine groups is 7. The van der Waals surface area contributed by atoms with Gasteiger partial charge in [-0.05, 0) is 112 Å². The number of benzene rings is 6. The topological polar surface area (TPSA) is 640 Å². The Morgan fingerprint density at radius 1 is 0.260 bits per heavy atom. The number of aliphatic imine (C=N–C) groups is 14. The van der Waals surface area contributed by atoms with Crippen molar-refractivity contribution < 1.29 is 0 Å². The van der Waals surface area contributed by atoms with Crippen molar-refractivity contribution >= 4 is 225 Å². The van der Waals surface area contributed by atoms with Crippen LogP contribution >= 0.6 is 107 Å². The van der Waals surface area contributed by atoms with E-state index in [-0.39, 0.29) is 53.4 Å². The Labute approximate surface area is 797 Å². The molecule has 131 heavy (non-hydrogen) atoms. The Morgan fingerprint density at radius 2 is 0.527 bits per heavy atom. The van der Waals surface area contributed by atoms with E-state index < -0.39 is 0 Å². The van der Waals surface area contributed by atoms with Gasteiger partial charge in [-0.3, -0.25) is 4.98 Å². The summed E-state index contributed by atoms with van der Waals surface area (Å²) < 4.78 is 0.856. The van der Waals surface area contributed by atoms with Gasteiger partial charge in [-0.1, -0.05) is 172 Å². The molecule has 0 fully saturated rings. The highest BCUT2D eigenvalue weighted by molar-refractivity contribution is 9.10. The van der Waals surface area contributed by atoms with Gasteiger partial charge in [0.15, 0.2) is 5.84 Å². The second-order valence-electron chi connectivity index (χ2n) is 26.8. The average molecular weight is 1970 g/mol. The van der Waals surface area contributed by atoms with Gasteiger partial charge in [0.1, 0.15) is 40.7 Å². The lowest BCUT2D eigenvalue weighted by Gasteiger charge is -2.02. The van der Waals surface area contributed by atoms with Gasteiger partial charge >= 0.3 is 0 Å². The molecule has 0 saturated heterocycles. The minimum atomic E-state index is 0.0479. The lowest BCUT2D eigenvalue weighted by Crippen LogP contribution is -2.20. The molecule has 45 heteroatoms. The van der Waals surface area contributed by atoms with Crippen LogP contribution in [-0.4, -0.2) is 122 Å². The molecule has 674 valence electrons. The van der Waals surface area contributed by atoms with Crippen molar-refractivity contribution in [3.05, 3.63) is 319 Å². The molecule has 0 saturated carbocycles. The van der Waals surface area contributed by atoms with Crippen LogP contribution in [0.25, 0.3) is 0 Å². The number of aromatic nitrogens is 8. The average Bonchev–Trinajstić information content (AvgIpc) is 1.79. The zero-order valence-corrected chi connectivity index (χ0v) is 80.4. The van der Waals surface area contributed by atoms with E-state index in [1.165, 1.54) is 79.4 Å². The summed E-state index contributed by atoms with van der Waals surface area (Å²) >= 11 is 19.3. The summed E-state index contributed by atoms with van der Waals surface area (Å²) in [6.45, 7) is 19.3. The van der Waals surface area contributed by atoms with Gasteiger partial charge in [-0.2, -0.15) is 69.9 Å². The molecular formula is C86H94BrClN36S7. The normalized spacial score (nSPS) is 12.7. The fourth-order valence-electron chi connectivity index (χ4n) is 9.71. The second-order valence-corrected chi connectivity index (χ2v) is 33.9. The van der Waals surface area contributed by atoms with E-state index in [4.69, 9.17) is 91.9 Å². The first kappa shape index (κ1) is 102. The molecule has 0 atom stereocenters. The number of rotatable bonds is 14. The van der Waals surface area contributed by atoms with Crippen LogP contribution in [0.5, 0.6) is 0 Å². The molecule has 0 aliphatic carbocycles. The lowest BCUT2D eigenvalue weighted by molar-refractivity contribution is 1.23. The monoisotopic (exact) mass is 1970 g/mol. The Morgan fingerprint density at radius 3 is 0.824 bits per heavy atom. The van der Waals surface area contributed by atoms with Gasteiger partial charge in [0, 0.05) is 81.7 Å². The fourth-order valence-corrected chi connectivity index (χ4v) is 15.1. The third-order valence-electron chi connectivity index (χ3n) is 15.6. The van der Waals surface area contributed by atoms with Crippen LogP contribution in [0.3, 0.4) is 0 Å². The maximum atomic E-state index is 6.01. The molecule has 0 unspecified atom stereocenters. The van der Waals surface area contributed by atoms with E-state index in [2.05, 4.69) is 126 Å². The standard InChI is InChI=1S/3C13H15N5S.C12H12BrN5S.C12H12ClN5S.C12H13N5S.C11H12N6S/c1-8-3-5-10(6-4-8)11(14)17-12(15)18-13-16-9(2)7-19-13;2*1-8-4-3-5-10(6-8)11(14)17-12(15)18-13-16-9(2)7-19-13;2*1-7-6-19-12(16-7)18-11(15)17-10(14)8-4-2-3-5-9(8)13;1-8-7-18-12(15-8)17-11(14)16-10(13)9-5-3-2-4-6-9;1-7-6-18-11(15-7)17-10(13)16-9(12)8-4-2-3-5-14-8/h3*3-7H,1-2H3,(H4,14,15,16,17,18);2*2-6H,1H3,(H4,14,15,16,17,18);2-7H,1H3,(H4,13,14,15,16,17);2-6H,1H3,(H4,12,13,15,16,17). The van der Waals surface area contributed by atoms with Crippen LogP contribution in [0, 0.1) is 69.2 Å². The van der Waals surface area contributed by atoms with Gasteiger partial charge in [0.25, 0.3) is 0 Å². The molecular weight excluding hydrogens is 1880 g/mol. The van der Waals surface area contributed by atoms with Gasteiger partial charge < -0.3 is 80.3 Å². The summed E-state index contributed by atoms with van der Waals surface area (Å²) in [7, 11) is 0. The first-order chi connectivity index (χ1) is 62.5. The lowest BCUT2D eigenvalue weighted by atomic mass is 10.1. The SMILES string of the molecule is Cc1ccc(C(N)=NC(N)=Nc2nc(C)cs2)cc1.Cc1cccc(C(N)=NC(N)=Nc2nc(C)cs2)c1.Cc1cccc(C(N)=NC(N)=Nc2nc(C)cs2)c1.Cc1csc(N=C(N)N=C(N)c2ccccc2)n1.Cc1csc(N=C(N)N=C(N)c2ccccc2Br)n1.Cc1csc(N=C(N)N=C(N)c2ccccc2Cl)n1.Cc1csc(N=C(N)N=C(N)c2ccccn2)n1. The Balaban J connectivity index is 0.000000188. The summed E-state index contributed by atoms with van der Waals surface area (Å²) in [4.78, 5) is 90.2. The highest BCUT2D eigenvalue weighted by Gasteiger charge is 2.12. The summed E-state index contributed by atoms with van der Waals surface area (Å²) in [6.07, 6.45) is 1.63. The first-order valence-corrected chi connectivity index (χ1v) is 45.8. The summed E-state index contributed by atoms with van der Waals surface area (Å²) in [5.41, 5.74) is 96.0. The predicted molar refractivity (Wildman–Crippen MR) is 552 cm³/mol.